The van der Waals surface area contributed by atoms with E-state index in [9.17, 15) is 14.4 Å². The highest BCUT2D eigenvalue weighted by molar-refractivity contribution is 5.99. The average molecular weight is 459 g/mol. The van der Waals surface area contributed by atoms with E-state index >= 15 is 0 Å². The van der Waals surface area contributed by atoms with Crippen LogP contribution in [-0.2, 0) is 9.59 Å². The maximum Gasteiger partial charge on any atom is 0.262 e. The van der Waals surface area contributed by atoms with Gasteiger partial charge in [0.1, 0.15) is 11.9 Å². The highest BCUT2D eigenvalue weighted by Crippen LogP contribution is 2.55. The molecule has 2 heterocycles. The zero-order valence-corrected chi connectivity index (χ0v) is 19.5. The number of nitrogens with zero attached hydrogens (tertiary/aromatic N) is 2. The first-order valence-electron chi connectivity index (χ1n) is 12.5. The molecule has 7 heteroatoms. The van der Waals surface area contributed by atoms with Gasteiger partial charge in [-0.1, -0.05) is 11.8 Å². The molecule has 176 valence electrons. The van der Waals surface area contributed by atoms with Gasteiger partial charge < -0.3 is 5.32 Å². The molecule has 5 aliphatic rings. The van der Waals surface area contributed by atoms with Crippen LogP contribution in [0.25, 0.3) is 10.9 Å². The van der Waals surface area contributed by atoms with Crippen LogP contribution in [0.1, 0.15) is 68.8 Å². The molecule has 4 bridgehead atoms. The smallest absolute Gasteiger partial charge is 0.262 e. The van der Waals surface area contributed by atoms with Crippen molar-refractivity contribution in [2.24, 2.45) is 17.8 Å². The molecule has 1 aromatic heterocycles. The summed E-state index contributed by atoms with van der Waals surface area (Å²) in [6.45, 7) is 2.37. The number of hydrogen-bond donors (Lipinski definition) is 2. The van der Waals surface area contributed by atoms with Gasteiger partial charge in [0, 0.05) is 17.5 Å². The minimum atomic E-state index is -0.721. The summed E-state index contributed by atoms with van der Waals surface area (Å²) in [6, 6.07) is 4.75. The van der Waals surface area contributed by atoms with Gasteiger partial charge in [-0.05, 0) is 87.8 Å². The van der Waals surface area contributed by atoms with Gasteiger partial charge in [-0.15, -0.1) is 0 Å². The molecule has 34 heavy (non-hydrogen) atoms. The number of piperidine rings is 1. The summed E-state index contributed by atoms with van der Waals surface area (Å²) in [7, 11) is 0. The van der Waals surface area contributed by atoms with E-state index in [1.807, 2.05) is 12.1 Å². The Hall–Kier alpha value is -2.98. The summed E-state index contributed by atoms with van der Waals surface area (Å²) in [4.78, 5) is 41.8. The lowest BCUT2D eigenvalue weighted by atomic mass is 9.53. The van der Waals surface area contributed by atoms with Gasteiger partial charge in [-0.2, -0.15) is 0 Å². The van der Waals surface area contributed by atoms with Crippen molar-refractivity contribution in [2.45, 2.75) is 69.9 Å². The average Bonchev–Trinajstić information content (AvgIpc) is 2.77. The number of rotatable bonds is 3. The van der Waals surface area contributed by atoms with Crippen LogP contribution in [-0.4, -0.2) is 33.4 Å². The zero-order chi connectivity index (χ0) is 23.4. The second kappa shape index (κ2) is 8.06. The molecule has 5 fully saturated rings. The first kappa shape index (κ1) is 21.5. The van der Waals surface area contributed by atoms with Gasteiger partial charge in [0.15, 0.2) is 0 Å². The van der Waals surface area contributed by atoms with Crippen molar-refractivity contribution >= 4 is 22.7 Å². The lowest BCUT2D eigenvalue weighted by Gasteiger charge is -2.57. The number of aryl methyl sites for hydroxylation is 1. The summed E-state index contributed by atoms with van der Waals surface area (Å²) >= 11 is 0. The molecule has 2 aromatic rings. The molecule has 0 radical (unpaired) electrons. The van der Waals surface area contributed by atoms with Crippen LogP contribution in [0.2, 0.25) is 0 Å². The Morgan fingerprint density at radius 1 is 1.12 bits per heavy atom. The third-order valence-corrected chi connectivity index (χ3v) is 8.42. The quantitative estimate of drug-likeness (QED) is 0.545. The Kier molecular flexibility index (Phi) is 5.11. The van der Waals surface area contributed by atoms with Crippen LogP contribution in [0.4, 0.5) is 0 Å². The number of amides is 2. The van der Waals surface area contributed by atoms with Crippen molar-refractivity contribution in [3.8, 4) is 11.8 Å². The van der Waals surface area contributed by atoms with Crippen LogP contribution in [0.15, 0.2) is 23.0 Å². The van der Waals surface area contributed by atoms with Crippen molar-refractivity contribution in [3.05, 3.63) is 39.9 Å². The van der Waals surface area contributed by atoms with Crippen molar-refractivity contribution in [2.75, 3.05) is 6.54 Å². The van der Waals surface area contributed by atoms with E-state index in [-0.39, 0.29) is 23.4 Å². The Morgan fingerprint density at radius 2 is 1.82 bits per heavy atom. The van der Waals surface area contributed by atoms with E-state index in [1.54, 1.807) is 13.0 Å². The highest BCUT2D eigenvalue weighted by Gasteiger charge is 2.50. The Balaban J connectivity index is 1.22. The monoisotopic (exact) mass is 458 g/mol. The Labute approximate surface area is 198 Å². The Morgan fingerprint density at radius 3 is 2.50 bits per heavy atom. The first-order valence-corrected chi connectivity index (χ1v) is 12.5. The molecule has 4 aliphatic carbocycles. The van der Waals surface area contributed by atoms with Crippen molar-refractivity contribution in [1.82, 2.24) is 20.2 Å². The molecule has 4 saturated carbocycles. The van der Waals surface area contributed by atoms with Gasteiger partial charge in [0.2, 0.25) is 11.8 Å². The number of imide groups is 1. The Bertz CT molecular complexity index is 1280. The predicted octanol–water partition coefficient (Wildman–Crippen LogP) is 2.59. The minimum absolute atomic E-state index is 0.211. The van der Waals surface area contributed by atoms with Crippen molar-refractivity contribution in [1.29, 1.82) is 0 Å². The number of nitrogens with one attached hydrogen (secondary N) is 2. The van der Waals surface area contributed by atoms with Crippen molar-refractivity contribution < 1.29 is 9.59 Å². The third-order valence-electron chi connectivity index (χ3n) is 8.42. The lowest BCUT2D eigenvalue weighted by molar-refractivity contribution is -0.135. The van der Waals surface area contributed by atoms with E-state index in [0.717, 1.165) is 23.3 Å². The van der Waals surface area contributed by atoms with Gasteiger partial charge in [0.25, 0.3) is 5.56 Å². The first-order chi connectivity index (χ1) is 16.4. The maximum absolute atomic E-state index is 13.3. The number of carbonyl (C=O) groups excluding carboxylic acids is 2. The molecule has 2 amide bonds. The van der Waals surface area contributed by atoms with Gasteiger partial charge >= 0.3 is 0 Å². The van der Waals surface area contributed by atoms with Crippen molar-refractivity contribution in [3.63, 3.8) is 0 Å². The largest absolute Gasteiger partial charge is 0.301 e. The van der Waals surface area contributed by atoms with Crippen LogP contribution in [0.5, 0.6) is 0 Å². The number of benzene rings is 1. The summed E-state index contributed by atoms with van der Waals surface area (Å²) in [5.74, 6) is 8.88. The van der Waals surface area contributed by atoms with E-state index in [4.69, 9.17) is 0 Å². The molecule has 1 atom stereocenters. The fourth-order valence-corrected chi connectivity index (χ4v) is 7.39. The van der Waals surface area contributed by atoms with E-state index < -0.39 is 11.9 Å². The summed E-state index contributed by atoms with van der Waals surface area (Å²) < 4.78 is 1.41. The van der Waals surface area contributed by atoms with E-state index in [1.165, 1.54) is 43.1 Å². The molecule has 2 N–H and O–H groups in total. The normalized spacial score (nSPS) is 31.9. The van der Waals surface area contributed by atoms with Gasteiger partial charge in [0.05, 0.1) is 17.4 Å². The summed E-state index contributed by atoms with van der Waals surface area (Å²) in [5.41, 5.74) is 1.36. The molecule has 1 aromatic carbocycles. The molecule has 7 nitrogen and oxygen atoms in total. The second-order valence-electron chi connectivity index (χ2n) is 10.9. The number of hydrogen-bond acceptors (Lipinski definition) is 5. The number of carbonyl (C=O) groups is 2. The van der Waals surface area contributed by atoms with Crippen LogP contribution in [0.3, 0.4) is 0 Å². The van der Waals surface area contributed by atoms with Crippen LogP contribution in [0, 0.1) is 36.5 Å². The summed E-state index contributed by atoms with van der Waals surface area (Å²) in [5, 5.41) is 6.56. The molecule has 1 saturated heterocycles. The molecule has 1 aliphatic heterocycles. The fourth-order valence-electron chi connectivity index (χ4n) is 7.39. The van der Waals surface area contributed by atoms with Crippen LogP contribution < -0.4 is 16.2 Å². The topological polar surface area (TPSA) is 93.1 Å². The lowest BCUT2D eigenvalue weighted by Crippen LogP contribution is -2.58. The molecular weight excluding hydrogens is 428 g/mol. The molecule has 7 rings (SSSR count). The highest BCUT2D eigenvalue weighted by atomic mass is 16.2. The van der Waals surface area contributed by atoms with E-state index in [2.05, 4.69) is 27.5 Å². The third kappa shape index (κ3) is 3.74. The number of aromatic nitrogens is 2. The van der Waals surface area contributed by atoms with Gasteiger partial charge in [-0.25, -0.2) is 4.98 Å². The number of fused-ring (bicyclic) bond motifs is 1. The van der Waals surface area contributed by atoms with E-state index in [0.29, 0.717) is 29.7 Å². The molecule has 0 spiro atoms. The zero-order valence-electron chi connectivity index (χ0n) is 19.5. The SMILES string of the molecule is Cc1nc2ccc(C#CCNC34CC5CC(CC(C5)C3)C4)cc2c(=O)n1C1CCC(=O)NC1=O. The second-order valence-corrected chi connectivity index (χ2v) is 10.9. The molecular formula is C27H30N4O3. The summed E-state index contributed by atoms with van der Waals surface area (Å²) in [6.07, 6.45) is 8.66. The standard InChI is InChI=1S/C27H30N4O3/c1-16-29-22-5-4-17(12-21(22)26(34)31(16)23-6-7-24(32)30-25(23)33)3-2-8-28-27-13-18-9-19(14-27)11-20(10-18)15-27/h4-5,12,18-20,23,28H,6-11,13-15H2,1H3,(H,30,32,33). The maximum atomic E-state index is 13.3. The minimum Gasteiger partial charge on any atom is -0.301 e. The van der Waals surface area contributed by atoms with Crippen LogP contribution >= 0.6 is 0 Å². The molecule has 1 unspecified atom stereocenters. The fraction of sp³-hybridized carbons (Fsp3) is 0.556. The van der Waals surface area contributed by atoms with Gasteiger partial charge in [-0.3, -0.25) is 24.3 Å². The predicted molar refractivity (Wildman–Crippen MR) is 128 cm³/mol.